The number of benzene rings is 1. The van der Waals surface area contributed by atoms with Gasteiger partial charge in [-0.25, -0.2) is 4.98 Å². The van der Waals surface area contributed by atoms with Crippen LogP contribution in [0.2, 0.25) is 0 Å². The number of allylic oxidation sites excluding steroid dienone is 1. The van der Waals surface area contributed by atoms with Crippen LogP contribution in [0.5, 0.6) is 0 Å². The van der Waals surface area contributed by atoms with E-state index in [1.165, 1.54) is 0 Å². The number of hydrogen-bond donors (Lipinski definition) is 2. The molecule has 0 spiro atoms. The van der Waals surface area contributed by atoms with Gasteiger partial charge in [-0.15, -0.1) is 0 Å². The van der Waals surface area contributed by atoms with Gasteiger partial charge in [-0.2, -0.15) is 0 Å². The first-order valence-corrected chi connectivity index (χ1v) is 7.63. The van der Waals surface area contributed by atoms with Crippen molar-refractivity contribution in [2.45, 2.75) is 25.3 Å². The molecular formula is C18H17N3O. The SMILES string of the molecule is O=C1CCCC2=C1C(c1ccccc1)Nc1ncccc1N2. The molecule has 0 saturated carbocycles. The molecule has 2 aliphatic rings. The summed E-state index contributed by atoms with van der Waals surface area (Å²) in [6.07, 6.45) is 4.19. The molecule has 1 aromatic heterocycles. The molecule has 110 valence electrons. The fourth-order valence-electron chi connectivity index (χ4n) is 3.22. The molecule has 0 amide bonds. The highest BCUT2D eigenvalue weighted by Crippen LogP contribution is 2.39. The summed E-state index contributed by atoms with van der Waals surface area (Å²) in [6.45, 7) is 0. The van der Waals surface area contributed by atoms with E-state index in [-0.39, 0.29) is 11.8 Å². The highest BCUT2D eigenvalue weighted by molar-refractivity contribution is 6.00. The van der Waals surface area contributed by atoms with Gasteiger partial charge in [0.2, 0.25) is 0 Å². The fraction of sp³-hybridized carbons (Fsp3) is 0.222. The van der Waals surface area contributed by atoms with Crippen molar-refractivity contribution in [1.29, 1.82) is 0 Å². The molecule has 2 N–H and O–H groups in total. The third kappa shape index (κ3) is 2.17. The fourth-order valence-corrected chi connectivity index (χ4v) is 3.22. The summed E-state index contributed by atoms with van der Waals surface area (Å²) in [5, 5.41) is 6.88. The number of nitrogens with one attached hydrogen (secondary N) is 2. The standard InChI is InChI=1S/C18H17N3O/c22-15-10-4-8-13-16(15)17(12-6-2-1-3-7-12)21-18-14(20-13)9-5-11-19-18/h1-3,5-7,9,11,17,20H,4,8,10H2,(H,19,21). The molecule has 1 atom stereocenters. The monoisotopic (exact) mass is 291 g/mol. The normalized spacial score (nSPS) is 20.4. The molecule has 0 bridgehead atoms. The molecule has 1 unspecified atom stereocenters. The maximum absolute atomic E-state index is 12.6. The first-order valence-electron chi connectivity index (χ1n) is 7.63. The van der Waals surface area contributed by atoms with E-state index in [9.17, 15) is 4.79 Å². The lowest BCUT2D eigenvalue weighted by Gasteiger charge is -2.25. The van der Waals surface area contributed by atoms with Crippen LogP contribution in [0.1, 0.15) is 30.9 Å². The number of carbonyl (C=O) groups is 1. The van der Waals surface area contributed by atoms with Crippen LogP contribution in [0.3, 0.4) is 0 Å². The Labute approximate surface area is 129 Å². The summed E-state index contributed by atoms with van der Waals surface area (Å²) in [5.41, 5.74) is 3.91. The lowest BCUT2D eigenvalue weighted by molar-refractivity contribution is -0.116. The van der Waals surface area contributed by atoms with Crippen molar-refractivity contribution in [3.8, 4) is 0 Å². The van der Waals surface area contributed by atoms with Crippen molar-refractivity contribution < 1.29 is 4.79 Å². The zero-order valence-corrected chi connectivity index (χ0v) is 12.2. The van der Waals surface area contributed by atoms with Gasteiger partial charge >= 0.3 is 0 Å². The molecule has 2 heterocycles. The number of anilines is 2. The summed E-state index contributed by atoms with van der Waals surface area (Å²) in [5.74, 6) is 1.02. The van der Waals surface area contributed by atoms with E-state index >= 15 is 0 Å². The number of rotatable bonds is 1. The van der Waals surface area contributed by atoms with Crippen LogP contribution in [0.15, 0.2) is 59.9 Å². The summed E-state index contributed by atoms with van der Waals surface area (Å²) < 4.78 is 0. The second-order valence-electron chi connectivity index (χ2n) is 5.68. The van der Waals surface area contributed by atoms with Crippen molar-refractivity contribution in [1.82, 2.24) is 4.98 Å². The second kappa shape index (κ2) is 5.30. The van der Waals surface area contributed by atoms with E-state index in [1.54, 1.807) is 6.20 Å². The maximum atomic E-state index is 12.6. The molecule has 0 radical (unpaired) electrons. The van der Waals surface area contributed by atoms with Crippen molar-refractivity contribution in [3.05, 3.63) is 65.5 Å². The van der Waals surface area contributed by atoms with E-state index in [2.05, 4.69) is 27.8 Å². The maximum Gasteiger partial charge on any atom is 0.163 e. The molecule has 4 nitrogen and oxygen atoms in total. The van der Waals surface area contributed by atoms with Crippen molar-refractivity contribution in [3.63, 3.8) is 0 Å². The van der Waals surface area contributed by atoms with Gasteiger partial charge < -0.3 is 10.6 Å². The molecule has 4 rings (SSSR count). The molecule has 1 aliphatic heterocycles. The summed E-state index contributed by atoms with van der Waals surface area (Å²) in [6, 6.07) is 13.9. The Kier molecular flexibility index (Phi) is 3.15. The van der Waals surface area contributed by atoms with E-state index in [0.717, 1.165) is 41.2 Å². The minimum absolute atomic E-state index is 0.146. The van der Waals surface area contributed by atoms with Gasteiger partial charge in [-0.05, 0) is 30.5 Å². The largest absolute Gasteiger partial charge is 0.357 e. The average molecular weight is 291 g/mol. The number of nitrogens with zero attached hydrogens (tertiary/aromatic N) is 1. The van der Waals surface area contributed by atoms with Gasteiger partial charge in [0, 0.05) is 23.9 Å². The van der Waals surface area contributed by atoms with Gasteiger partial charge in [0.05, 0.1) is 11.7 Å². The number of ketones is 1. The van der Waals surface area contributed by atoms with Crippen LogP contribution < -0.4 is 10.6 Å². The molecule has 4 heteroatoms. The molecule has 0 saturated heterocycles. The van der Waals surface area contributed by atoms with Crippen LogP contribution in [-0.4, -0.2) is 10.8 Å². The topological polar surface area (TPSA) is 54.0 Å². The van der Waals surface area contributed by atoms with Crippen molar-refractivity contribution in [2.24, 2.45) is 0 Å². The molecule has 0 fully saturated rings. The number of Topliss-reactive ketones (excluding diaryl/α,β-unsaturated/α-hetero) is 1. The van der Waals surface area contributed by atoms with E-state index in [0.29, 0.717) is 6.42 Å². The van der Waals surface area contributed by atoms with E-state index in [4.69, 9.17) is 0 Å². The van der Waals surface area contributed by atoms with Crippen LogP contribution >= 0.6 is 0 Å². The molecular weight excluding hydrogens is 274 g/mol. The third-order valence-corrected chi connectivity index (χ3v) is 4.25. The predicted molar refractivity (Wildman–Crippen MR) is 86.5 cm³/mol. The first kappa shape index (κ1) is 13.1. The predicted octanol–water partition coefficient (Wildman–Crippen LogP) is 3.67. The Balaban J connectivity index is 1.88. The molecule has 22 heavy (non-hydrogen) atoms. The van der Waals surface area contributed by atoms with Gasteiger partial charge in [-0.3, -0.25) is 4.79 Å². The van der Waals surface area contributed by atoms with Gasteiger partial charge in [0.25, 0.3) is 0 Å². The second-order valence-corrected chi connectivity index (χ2v) is 5.68. The number of hydrogen-bond acceptors (Lipinski definition) is 4. The smallest absolute Gasteiger partial charge is 0.163 e. The van der Waals surface area contributed by atoms with Crippen LogP contribution in [0.4, 0.5) is 11.5 Å². The highest BCUT2D eigenvalue weighted by atomic mass is 16.1. The lowest BCUT2D eigenvalue weighted by atomic mass is 9.87. The molecule has 2 aromatic rings. The number of pyridine rings is 1. The summed E-state index contributed by atoms with van der Waals surface area (Å²) >= 11 is 0. The Bertz CT molecular complexity index is 752. The lowest BCUT2D eigenvalue weighted by Crippen LogP contribution is -2.23. The summed E-state index contributed by atoms with van der Waals surface area (Å²) in [7, 11) is 0. The number of fused-ring (bicyclic) bond motifs is 1. The zero-order chi connectivity index (χ0) is 14.9. The van der Waals surface area contributed by atoms with E-state index < -0.39 is 0 Å². The van der Waals surface area contributed by atoms with Gasteiger partial charge in [0.1, 0.15) is 5.82 Å². The third-order valence-electron chi connectivity index (χ3n) is 4.25. The molecule has 1 aromatic carbocycles. The van der Waals surface area contributed by atoms with Crippen LogP contribution in [0, 0.1) is 0 Å². The Morgan fingerprint density at radius 2 is 1.91 bits per heavy atom. The minimum Gasteiger partial charge on any atom is -0.357 e. The molecule has 1 aliphatic carbocycles. The quantitative estimate of drug-likeness (QED) is 0.841. The number of carbonyl (C=O) groups excluding carboxylic acids is 1. The Morgan fingerprint density at radius 3 is 2.77 bits per heavy atom. The average Bonchev–Trinajstić information content (AvgIpc) is 2.73. The highest BCUT2D eigenvalue weighted by Gasteiger charge is 2.32. The van der Waals surface area contributed by atoms with Crippen LogP contribution in [0.25, 0.3) is 0 Å². The van der Waals surface area contributed by atoms with Crippen molar-refractivity contribution in [2.75, 3.05) is 10.6 Å². The van der Waals surface area contributed by atoms with E-state index in [1.807, 2.05) is 30.3 Å². The minimum atomic E-state index is -0.146. The summed E-state index contributed by atoms with van der Waals surface area (Å²) in [4.78, 5) is 17.0. The van der Waals surface area contributed by atoms with Gasteiger partial charge in [-0.1, -0.05) is 30.3 Å². The van der Waals surface area contributed by atoms with Crippen molar-refractivity contribution >= 4 is 17.3 Å². The number of aromatic nitrogens is 1. The Hall–Kier alpha value is -2.62. The zero-order valence-electron chi connectivity index (χ0n) is 12.2. The first-order chi connectivity index (χ1) is 10.8. The Morgan fingerprint density at radius 1 is 1.05 bits per heavy atom. The van der Waals surface area contributed by atoms with Gasteiger partial charge in [0.15, 0.2) is 5.78 Å². The van der Waals surface area contributed by atoms with Crippen LogP contribution in [-0.2, 0) is 4.79 Å².